The van der Waals surface area contributed by atoms with Crippen LogP contribution in [0.15, 0.2) is 26.3 Å². The number of halogens is 1. The molecule has 0 radical (unpaired) electrons. The first-order valence-corrected chi connectivity index (χ1v) is 3.81. The number of hydrogen-bond donors (Lipinski definition) is 2. The highest BCUT2D eigenvalue weighted by atomic mass is 79.9. The van der Waals surface area contributed by atoms with Gasteiger partial charge in [-0.1, -0.05) is 0 Å². The summed E-state index contributed by atoms with van der Waals surface area (Å²) < 4.78 is 5.64. The van der Waals surface area contributed by atoms with Crippen LogP contribution in [0.3, 0.4) is 0 Å². The van der Waals surface area contributed by atoms with Crippen molar-refractivity contribution in [1.82, 2.24) is 5.43 Å². The topological polar surface area (TPSA) is 80.6 Å². The maximum Gasteiger partial charge on any atom is 0.332 e. The summed E-state index contributed by atoms with van der Waals surface area (Å²) in [6, 6.07) is 2.69. The number of primary amides is 1. The summed E-state index contributed by atoms with van der Waals surface area (Å²) in [5.74, 6) is 0.524. The minimum Gasteiger partial charge on any atom is -0.448 e. The second-order valence-corrected chi connectivity index (χ2v) is 2.66. The number of carbonyl (C=O) groups excluding carboxylic acids is 1. The zero-order chi connectivity index (χ0) is 8.97. The Morgan fingerprint density at radius 3 is 3.00 bits per heavy atom. The van der Waals surface area contributed by atoms with Gasteiger partial charge in [0.15, 0.2) is 4.67 Å². The molecule has 0 fully saturated rings. The van der Waals surface area contributed by atoms with Gasteiger partial charge in [0.1, 0.15) is 5.76 Å². The second-order valence-electron chi connectivity index (χ2n) is 1.88. The molecule has 1 rings (SSSR count). The van der Waals surface area contributed by atoms with E-state index in [-0.39, 0.29) is 0 Å². The Labute approximate surface area is 76.7 Å². The van der Waals surface area contributed by atoms with E-state index >= 15 is 0 Å². The molecule has 0 spiro atoms. The number of urea groups is 1. The highest BCUT2D eigenvalue weighted by molar-refractivity contribution is 9.10. The van der Waals surface area contributed by atoms with Crippen molar-refractivity contribution in [3.63, 3.8) is 0 Å². The number of nitrogens with zero attached hydrogens (tertiary/aromatic N) is 1. The summed E-state index contributed by atoms with van der Waals surface area (Å²) >= 11 is 3.11. The Morgan fingerprint density at radius 1 is 1.75 bits per heavy atom. The molecule has 0 atom stereocenters. The average Bonchev–Trinajstić information content (AvgIpc) is 2.35. The third-order valence-corrected chi connectivity index (χ3v) is 1.39. The maximum atomic E-state index is 10.2. The molecule has 0 aliphatic carbocycles. The Bertz CT molecular complexity index is 307. The van der Waals surface area contributed by atoms with Gasteiger partial charge in [0.05, 0.1) is 6.21 Å². The Morgan fingerprint density at radius 2 is 2.50 bits per heavy atom. The summed E-state index contributed by atoms with van der Waals surface area (Å²) in [6.45, 7) is 0. The number of hydrazone groups is 1. The van der Waals surface area contributed by atoms with Gasteiger partial charge in [0, 0.05) is 0 Å². The lowest BCUT2D eigenvalue weighted by atomic mass is 10.5. The maximum absolute atomic E-state index is 10.2. The molecule has 12 heavy (non-hydrogen) atoms. The first-order chi connectivity index (χ1) is 5.68. The van der Waals surface area contributed by atoms with Gasteiger partial charge in [-0.15, -0.1) is 0 Å². The van der Waals surface area contributed by atoms with Crippen LogP contribution in [0.5, 0.6) is 0 Å². The Balaban J connectivity index is 2.52. The standard InChI is InChI=1S/C6H6BrN3O2/c7-5-2-1-4(12-5)3-9-10-6(8)11/h1-3H,(H3,8,10,11). The molecular weight excluding hydrogens is 226 g/mol. The van der Waals surface area contributed by atoms with Crippen LogP contribution in [0.2, 0.25) is 0 Å². The molecule has 0 aliphatic rings. The van der Waals surface area contributed by atoms with E-state index in [2.05, 4.69) is 21.0 Å². The summed E-state index contributed by atoms with van der Waals surface area (Å²) in [5, 5.41) is 3.49. The van der Waals surface area contributed by atoms with Crippen molar-refractivity contribution in [3.05, 3.63) is 22.6 Å². The molecule has 0 bridgehead atoms. The number of rotatable bonds is 2. The van der Waals surface area contributed by atoms with Gasteiger partial charge >= 0.3 is 6.03 Å². The van der Waals surface area contributed by atoms with Gasteiger partial charge in [-0.3, -0.25) is 0 Å². The highest BCUT2D eigenvalue weighted by Gasteiger charge is 1.94. The predicted molar refractivity (Wildman–Crippen MR) is 46.7 cm³/mol. The molecular formula is C6H6BrN3O2. The van der Waals surface area contributed by atoms with Crippen molar-refractivity contribution < 1.29 is 9.21 Å². The molecule has 0 aromatic carbocycles. The fourth-order valence-corrected chi connectivity index (χ4v) is 0.876. The number of amides is 2. The monoisotopic (exact) mass is 231 g/mol. The molecule has 0 unspecified atom stereocenters. The fourth-order valence-electron chi connectivity index (χ4n) is 0.557. The second kappa shape index (κ2) is 3.91. The van der Waals surface area contributed by atoms with Gasteiger partial charge in [0.25, 0.3) is 0 Å². The van der Waals surface area contributed by atoms with Crippen molar-refractivity contribution in [2.75, 3.05) is 0 Å². The summed E-state index contributed by atoms with van der Waals surface area (Å²) in [5.41, 5.74) is 6.79. The molecule has 1 heterocycles. The SMILES string of the molecule is NC(=O)NN=Cc1ccc(Br)o1. The smallest absolute Gasteiger partial charge is 0.332 e. The third kappa shape index (κ3) is 2.75. The minimum atomic E-state index is -0.711. The number of carbonyl (C=O) groups is 1. The molecule has 64 valence electrons. The lowest BCUT2D eigenvalue weighted by Gasteiger charge is -1.88. The van der Waals surface area contributed by atoms with E-state index in [4.69, 9.17) is 10.2 Å². The first-order valence-electron chi connectivity index (χ1n) is 3.02. The summed E-state index contributed by atoms with van der Waals surface area (Å²) in [6.07, 6.45) is 1.34. The normalized spacial score (nSPS) is 10.4. The van der Waals surface area contributed by atoms with Crippen LogP contribution in [-0.2, 0) is 0 Å². The molecule has 6 heteroatoms. The van der Waals surface area contributed by atoms with Crippen molar-refractivity contribution in [2.24, 2.45) is 10.8 Å². The highest BCUT2D eigenvalue weighted by Crippen LogP contribution is 2.11. The van der Waals surface area contributed by atoms with E-state index < -0.39 is 6.03 Å². The van der Waals surface area contributed by atoms with E-state index in [1.54, 1.807) is 12.1 Å². The van der Waals surface area contributed by atoms with Crippen molar-refractivity contribution >= 4 is 28.2 Å². The zero-order valence-corrected chi connectivity index (χ0v) is 7.54. The van der Waals surface area contributed by atoms with Gasteiger partial charge in [0.2, 0.25) is 0 Å². The van der Waals surface area contributed by atoms with E-state index in [1.807, 2.05) is 5.43 Å². The lowest BCUT2D eigenvalue weighted by Crippen LogP contribution is -2.24. The zero-order valence-electron chi connectivity index (χ0n) is 5.95. The number of hydrogen-bond acceptors (Lipinski definition) is 3. The van der Waals surface area contributed by atoms with Crippen LogP contribution in [0, 0.1) is 0 Å². The number of nitrogens with one attached hydrogen (secondary N) is 1. The van der Waals surface area contributed by atoms with Crippen molar-refractivity contribution in [2.45, 2.75) is 0 Å². The largest absolute Gasteiger partial charge is 0.448 e. The molecule has 1 aromatic heterocycles. The summed E-state index contributed by atoms with van der Waals surface area (Å²) in [7, 11) is 0. The third-order valence-electron chi connectivity index (χ3n) is 0.961. The molecule has 0 saturated carbocycles. The summed E-state index contributed by atoms with van der Waals surface area (Å²) in [4.78, 5) is 10.2. The van der Waals surface area contributed by atoms with Crippen LogP contribution < -0.4 is 11.2 Å². The molecule has 3 N–H and O–H groups in total. The Hall–Kier alpha value is -1.30. The average molecular weight is 232 g/mol. The number of furan rings is 1. The van der Waals surface area contributed by atoms with E-state index in [0.29, 0.717) is 10.4 Å². The van der Waals surface area contributed by atoms with Crippen molar-refractivity contribution in [3.8, 4) is 0 Å². The Kier molecular flexibility index (Phi) is 2.87. The van der Waals surface area contributed by atoms with Crippen LogP contribution in [0.4, 0.5) is 4.79 Å². The van der Waals surface area contributed by atoms with E-state index in [9.17, 15) is 4.79 Å². The van der Waals surface area contributed by atoms with Gasteiger partial charge in [-0.2, -0.15) is 5.10 Å². The molecule has 1 aromatic rings. The molecule has 0 saturated heterocycles. The molecule has 5 nitrogen and oxygen atoms in total. The minimum absolute atomic E-state index is 0.524. The van der Waals surface area contributed by atoms with Crippen LogP contribution in [0.25, 0.3) is 0 Å². The molecule has 0 aliphatic heterocycles. The van der Waals surface area contributed by atoms with Crippen LogP contribution in [-0.4, -0.2) is 12.2 Å². The predicted octanol–water partition coefficient (Wildman–Crippen LogP) is 1.04. The molecule has 2 amide bonds. The van der Waals surface area contributed by atoms with E-state index in [0.717, 1.165) is 0 Å². The van der Waals surface area contributed by atoms with E-state index in [1.165, 1.54) is 6.21 Å². The number of nitrogens with two attached hydrogens (primary N) is 1. The first kappa shape index (κ1) is 8.79. The fraction of sp³-hybridized carbons (Fsp3) is 0. The van der Waals surface area contributed by atoms with Crippen molar-refractivity contribution in [1.29, 1.82) is 0 Å². The quantitative estimate of drug-likeness (QED) is 0.590. The van der Waals surface area contributed by atoms with Gasteiger partial charge in [-0.25, -0.2) is 10.2 Å². The van der Waals surface area contributed by atoms with Gasteiger partial charge in [-0.05, 0) is 28.1 Å². The van der Waals surface area contributed by atoms with Crippen LogP contribution in [0.1, 0.15) is 5.76 Å². The van der Waals surface area contributed by atoms with Gasteiger partial charge < -0.3 is 10.2 Å². The lowest BCUT2D eigenvalue weighted by molar-refractivity contribution is 0.249. The van der Waals surface area contributed by atoms with Crippen LogP contribution >= 0.6 is 15.9 Å².